The SMILES string of the molecule is CCc1cc2ncc(CN3CCN(C(=S)C4CC4)CC3)cc2[nH]c1=O. The molecule has 2 fully saturated rings. The van der Waals surface area contributed by atoms with Gasteiger partial charge < -0.3 is 9.88 Å². The van der Waals surface area contributed by atoms with E-state index in [0.29, 0.717) is 5.92 Å². The minimum absolute atomic E-state index is 0.00356. The Morgan fingerprint density at radius 3 is 2.72 bits per heavy atom. The Kier molecular flexibility index (Phi) is 4.56. The lowest BCUT2D eigenvalue weighted by molar-refractivity contribution is 0.175. The van der Waals surface area contributed by atoms with Crippen molar-refractivity contribution in [1.29, 1.82) is 0 Å². The van der Waals surface area contributed by atoms with Crippen LogP contribution < -0.4 is 5.56 Å². The van der Waals surface area contributed by atoms with Gasteiger partial charge in [-0.15, -0.1) is 0 Å². The number of pyridine rings is 2. The summed E-state index contributed by atoms with van der Waals surface area (Å²) in [5, 5.41) is 0. The van der Waals surface area contributed by atoms with Crippen molar-refractivity contribution in [3.8, 4) is 0 Å². The number of H-pyrrole nitrogens is 1. The van der Waals surface area contributed by atoms with Crippen molar-refractivity contribution < 1.29 is 0 Å². The second-order valence-electron chi connectivity index (χ2n) is 7.13. The molecule has 0 spiro atoms. The number of thiocarbonyl (C=S) groups is 1. The summed E-state index contributed by atoms with van der Waals surface area (Å²) in [6.07, 6.45) is 5.21. The van der Waals surface area contributed by atoms with E-state index in [2.05, 4.69) is 25.8 Å². The van der Waals surface area contributed by atoms with E-state index in [-0.39, 0.29) is 5.56 Å². The van der Waals surface area contributed by atoms with Gasteiger partial charge in [0.1, 0.15) is 0 Å². The molecule has 2 aromatic rings. The zero-order chi connectivity index (χ0) is 17.4. The van der Waals surface area contributed by atoms with E-state index in [4.69, 9.17) is 12.2 Å². The highest BCUT2D eigenvalue weighted by atomic mass is 32.1. The standard InChI is InChI=1S/C19H24N4OS/c1-2-14-10-16-17(21-18(14)24)9-13(11-20-16)12-22-5-7-23(8-6-22)19(25)15-3-4-15/h9-11,15H,2-8,12H2,1H3,(H,21,24). The van der Waals surface area contributed by atoms with Crippen molar-refractivity contribution in [3.05, 3.63) is 39.8 Å². The highest BCUT2D eigenvalue weighted by Gasteiger charge is 2.31. The average Bonchev–Trinajstić information content (AvgIpc) is 3.46. The first kappa shape index (κ1) is 16.7. The van der Waals surface area contributed by atoms with Gasteiger partial charge in [-0.3, -0.25) is 14.7 Å². The van der Waals surface area contributed by atoms with Crippen LogP contribution in [0.2, 0.25) is 0 Å². The van der Waals surface area contributed by atoms with Gasteiger partial charge in [0.05, 0.1) is 16.0 Å². The predicted molar refractivity (Wildman–Crippen MR) is 104 cm³/mol. The molecule has 0 unspecified atom stereocenters. The van der Waals surface area contributed by atoms with Crippen molar-refractivity contribution >= 4 is 28.2 Å². The fraction of sp³-hybridized carbons (Fsp3) is 0.526. The molecule has 0 aromatic carbocycles. The quantitative estimate of drug-likeness (QED) is 0.852. The lowest BCUT2D eigenvalue weighted by atomic mass is 10.1. The highest BCUT2D eigenvalue weighted by molar-refractivity contribution is 7.80. The fourth-order valence-corrected chi connectivity index (χ4v) is 3.91. The molecular weight excluding hydrogens is 332 g/mol. The third-order valence-corrected chi connectivity index (χ3v) is 5.82. The molecule has 0 atom stereocenters. The van der Waals surface area contributed by atoms with E-state index >= 15 is 0 Å². The van der Waals surface area contributed by atoms with Gasteiger partial charge in [0.25, 0.3) is 5.56 Å². The first-order valence-corrected chi connectivity index (χ1v) is 9.57. The topological polar surface area (TPSA) is 52.2 Å². The Balaban J connectivity index is 1.42. The Labute approximate surface area is 153 Å². The number of aromatic amines is 1. The Morgan fingerprint density at radius 1 is 1.28 bits per heavy atom. The summed E-state index contributed by atoms with van der Waals surface area (Å²) in [6, 6.07) is 3.96. The molecule has 6 heteroatoms. The number of hydrogen-bond acceptors (Lipinski definition) is 4. The number of nitrogens with one attached hydrogen (secondary N) is 1. The molecule has 2 aliphatic rings. The molecule has 2 aromatic heterocycles. The van der Waals surface area contributed by atoms with Gasteiger partial charge in [-0.25, -0.2) is 0 Å². The van der Waals surface area contributed by atoms with Crippen LogP contribution in [-0.4, -0.2) is 50.9 Å². The van der Waals surface area contributed by atoms with Crippen molar-refractivity contribution in [2.24, 2.45) is 5.92 Å². The molecule has 1 N–H and O–H groups in total. The van der Waals surface area contributed by atoms with Crippen molar-refractivity contribution in [3.63, 3.8) is 0 Å². The predicted octanol–water partition coefficient (Wildman–Crippen LogP) is 2.34. The largest absolute Gasteiger partial charge is 0.363 e. The summed E-state index contributed by atoms with van der Waals surface area (Å²) in [7, 11) is 0. The Hall–Kier alpha value is -1.79. The van der Waals surface area contributed by atoms with E-state index in [1.54, 1.807) is 0 Å². The normalized spacial score (nSPS) is 18.7. The molecule has 3 heterocycles. The van der Waals surface area contributed by atoms with E-state index in [9.17, 15) is 4.79 Å². The van der Waals surface area contributed by atoms with E-state index in [1.165, 1.54) is 17.8 Å². The molecule has 0 bridgehead atoms. The lowest BCUT2D eigenvalue weighted by Crippen LogP contribution is -2.48. The van der Waals surface area contributed by atoms with Crippen LogP contribution in [0.25, 0.3) is 11.0 Å². The van der Waals surface area contributed by atoms with Gasteiger partial charge >= 0.3 is 0 Å². The monoisotopic (exact) mass is 356 g/mol. The minimum atomic E-state index is -0.00356. The van der Waals surface area contributed by atoms with Crippen LogP contribution in [0.15, 0.2) is 23.1 Å². The summed E-state index contributed by atoms with van der Waals surface area (Å²) in [5.74, 6) is 0.677. The molecule has 132 valence electrons. The molecule has 0 radical (unpaired) electrons. The van der Waals surface area contributed by atoms with Crippen LogP contribution in [0.4, 0.5) is 0 Å². The van der Waals surface area contributed by atoms with Crippen molar-refractivity contribution in [2.45, 2.75) is 32.7 Å². The molecule has 1 saturated heterocycles. The number of hydrogen-bond donors (Lipinski definition) is 1. The van der Waals surface area contributed by atoms with Crippen molar-refractivity contribution in [2.75, 3.05) is 26.2 Å². The molecule has 0 amide bonds. The maximum Gasteiger partial charge on any atom is 0.251 e. The zero-order valence-electron chi connectivity index (χ0n) is 14.6. The van der Waals surface area contributed by atoms with Gasteiger partial charge in [0, 0.05) is 50.4 Å². The van der Waals surface area contributed by atoms with Crippen LogP contribution in [-0.2, 0) is 13.0 Å². The molecule has 1 saturated carbocycles. The second-order valence-corrected chi connectivity index (χ2v) is 7.55. The lowest BCUT2D eigenvalue weighted by Gasteiger charge is -2.36. The molecule has 1 aliphatic carbocycles. The Bertz CT molecular complexity index is 850. The van der Waals surface area contributed by atoms with E-state index < -0.39 is 0 Å². The summed E-state index contributed by atoms with van der Waals surface area (Å²) >= 11 is 5.58. The van der Waals surface area contributed by atoms with Crippen LogP contribution in [0.5, 0.6) is 0 Å². The fourth-order valence-electron chi connectivity index (χ4n) is 3.49. The van der Waals surface area contributed by atoms with Gasteiger partial charge in [0.15, 0.2) is 0 Å². The molecule has 1 aliphatic heterocycles. The minimum Gasteiger partial charge on any atom is -0.363 e. The average molecular weight is 356 g/mol. The maximum atomic E-state index is 12.0. The number of aromatic nitrogens is 2. The van der Waals surface area contributed by atoms with Gasteiger partial charge in [0.2, 0.25) is 0 Å². The number of nitrogens with zero attached hydrogens (tertiary/aromatic N) is 3. The number of rotatable bonds is 4. The smallest absolute Gasteiger partial charge is 0.251 e. The van der Waals surface area contributed by atoms with Crippen LogP contribution in [0, 0.1) is 5.92 Å². The third-order valence-electron chi connectivity index (χ3n) is 5.22. The van der Waals surface area contributed by atoms with E-state index in [1.807, 2.05) is 19.2 Å². The van der Waals surface area contributed by atoms with Crippen LogP contribution in [0.3, 0.4) is 0 Å². The van der Waals surface area contributed by atoms with Gasteiger partial charge in [-0.1, -0.05) is 19.1 Å². The number of aryl methyl sites for hydroxylation is 1. The van der Waals surface area contributed by atoms with Crippen molar-refractivity contribution in [1.82, 2.24) is 19.8 Å². The van der Waals surface area contributed by atoms with Crippen LogP contribution in [0.1, 0.15) is 30.9 Å². The molecule has 4 rings (SSSR count). The van der Waals surface area contributed by atoms with Gasteiger partial charge in [-0.05, 0) is 37.0 Å². The summed E-state index contributed by atoms with van der Waals surface area (Å²) < 4.78 is 0. The Morgan fingerprint density at radius 2 is 2.04 bits per heavy atom. The molecule has 5 nitrogen and oxygen atoms in total. The number of fused-ring (bicyclic) bond motifs is 1. The first-order chi connectivity index (χ1) is 12.1. The number of piperazine rings is 1. The molecule has 25 heavy (non-hydrogen) atoms. The maximum absolute atomic E-state index is 12.0. The van der Waals surface area contributed by atoms with Crippen LogP contribution >= 0.6 is 12.2 Å². The highest BCUT2D eigenvalue weighted by Crippen LogP contribution is 2.32. The zero-order valence-corrected chi connectivity index (χ0v) is 15.4. The molecular formula is C19H24N4OS. The van der Waals surface area contributed by atoms with Gasteiger partial charge in [-0.2, -0.15) is 0 Å². The summed E-state index contributed by atoms with van der Waals surface area (Å²) in [6.45, 7) is 6.94. The van der Waals surface area contributed by atoms with E-state index in [0.717, 1.165) is 61.3 Å². The second kappa shape index (κ2) is 6.84. The first-order valence-electron chi connectivity index (χ1n) is 9.16. The third kappa shape index (κ3) is 3.60. The summed E-state index contributed by atoms with van der Waals surface area (Å²) in [4.78, 5) is 25.5. The summed E-state index contributed by atoms with van der Waals surface area (Å²) in [5.41, 5.74) is 3.62.